The van der Waals surface area contributed by atoms with Crippen molar-refractivity contribution in [3.05, 3.63) is 71.2 Å². The number of carbonyl (C=O) groups is 3. The predicted octanol–water partition coefficient (Wildman–Crippen LogP) is 4.46. The van der Waals surface area contributed by atoms with Gasteiger partial charge in [-0.15, -0.1) is 5.10 Å². The highest BCUT2D eigenvalue weighted by atomic mass is 35.5. The highest BCUT2D eigenvalue weighted by Gasteiger charge is 2.61. The second-order valence-electron chi connectivity index (χ2n) is 8.46. The van der Waals surface area contributed by atoms with E-state index in [0.29, 0.717) is 35.8 Å². The lowest BCUT2D eigenvalue weighted by Crippen LogP contribution is -2.48. The first kappa shape index (κ1) is 24.1. The Kier molecular flexibility index (Phi) is 6.36. The average Bonchev–Trinajstić information content (AvgIpc) is 3.33. The van der Waals surface area contributed by atoms with E-state index in [1.807, 2.05) is 42.5 Å². The molecule has 1 unspecified atom stereocenters. The van der Waals surface area contributed by atoms with Crippen LogP contribution >= 0.6 is 23.4 Å². The normalized spacial score (nSPS) is 18.5. The number of carbonyl (C=O) groups excluding carboxylic acids is 3. The minimum absolute atomic E-state index is 0.179. The topological polar surface area (TPSA) is 91.3 Å². The molecule has 36 heavy (non-hydrogen) atoms. The Hall–Kier alpha value is -3.56. The number of ether oxygens (including phenoxy) is 1. The molecule has 0 radical (unpaired) electrons. The van der Waals surface area contributed by atoms with E-state index in [0.717, 1.165) is 33.3 Å². The molecule has 0 saturated carbocycles. The lowest BCUT2D eigenvalue weighted by molar-refractivity contribution is -0.139. The lowest BCUT2D eigenvalue weighted by atomic mass is 10.1. The third kappa shape index (κ3) is 4.08. The second kappa shape index (κ2) is 9.48. The summed E-state index contributed by atoms with van der Waals surface area (Å²) in [7, 11) is 0. The van der Waals surface area contributed by atoms with Gasteiger partial charge in [-0.25, -0.2) is 0 Å². The Morgan fingerprint density at radius 2 is 1.89 bits per heavy atom. The fraction of sp³-hybridized carbons (Fsp3) is 0.231. The number of benzene rings is 3. The maximum Gasteiger partial charge on any atom is 0.270 e. The molecule has 3 aromatic carbocycles. The van der Waals surface area contributed by atoms with E-state index >= 15 is 0 Å². The number of anilines is 1. The van der Waals surface area contributed by atoms with Gasteiger partial charge in [-0.2, -0.15) is 5.01 Å². The average molecular weight is 523 g/mol. The number of hydrogen-bond donors (Lipinski definition) is 1. The van der Waals surface area contributed by atoms with Crippen LogP contribution in [0.25, 0.3) is 10.8 Å². The Labute approximate surface area is 217 Å². The van der Waals surface area contributed by atoms with Gasteiger partial charge in [0.15, 0.2) is 5.17 Å². The highest BCUT2D eigenvalue weighted by Crippen LogP contribution is 2.54. The number of hydrazone groups is 1. The zero-order valence-corrected chi connectivity index (χ0v) is 21.2. The number of amidine groups is 1. The SMILES string of the molecule is CC(=O)NC1=NN(C(C)=O)C2(S1)C(=O)N(CCCOc1cccc3ccccc13)c1ccc(Cl)cc12. The summed E-state index contributed by atoms with van der Waals surface area (Å²) in [6.07, 6.45) is 0.553. The van der Waals surface area contributed by atoms with Gasteiger partial charge < -0.3 is 15.0 Å². The van der Waals surface area contributed by atoms with Crippen LogP contribution in [-0.4, -0.2) is 41.0 Å². The molecule has 10 heteroatoms. The predicted molar refractivity (Wildman–Crippen MR) is 141 cm³/mol. The quantitative estimate of drug-likeness (QED) is 0.499. The highest BCUT2D eigenvalue weighted by molar-refractivity contribution is 8.15. The zero-order valence-electron chi connectivity index (χ0n) is 19.7. The fourth-order valence-electron chi connectivity index (χ4n) is 4.53. The summed E-state index contributed by atoms with van der Waals surface area (Å²) in [5.74, 6) is -0.314. The minimum Gasteiger partial charge on any atom is -0.493 e. The van der Waals surface area contributed by atoms with Gasteiger partial charge in [0.1, 0.15) is 5.75 Å². The molecule has 0 aromatic heterocycles. The van der Waals surface area contributed by atoms with Crippen LogP contribution in [0.3, 0.4) is 0 Å². The molecule has 1 atom stereocenters. The molecular weight excluding hydrogens is 500 g/mol. The van der Waals surface area contributed by atoms with Crippen molar-refractivity contribution in [2.45, 2.75) is 25.1 Å². The lowest BCUT2D eigenvalue weighted by Gasteiger charge is -2.29. The molecule has 3 aromatic rings. The van der Waals surface area contributed by atoms with Crippen molar-refractivity contribution in [2.75, 3.05) is 18.1 Å². The largest absolute Gasteiger partial charge is 0.493 e. The molecule has 1 N–H and O–H groups in total. The number of amides is 3. The third-order valence-electron chi connectivity index (χ3n) is 6.00. The number of fused-ring (bicyclic) bond motifs is 3. The van der Waals surface area contributed by atoms with E-state index in [4.69, 9.17) is 16.3 Å². The van der Waals surface area contributed by atoms with Gasteiger partial charge in [0.25, 0.3) is 5.91 Å². The van der Waals surface area contributed by atoms with Gasteiger partial charge in [0.2, 0.25) is 16.7 Å². The van der Waals surface area contributed by atoms with Crippen molar-refractivity contribution in [3.8, 4) is 5.75 Å². The number of halogens is 1. The van der Waals surface area contributed by atoms with E-state index in [9.17, 15) is 14.4 Å². The van der Waals surface area contributed by atoms with Gasteiger partial charge in [0.05, 0.1) is 12.3 Å². The van der Waals surface area contributed by atoms with Crippen LogP contribution in [0, 0.1) is 0 Å². The molecule has 3 amide bonds. The van der Waals surface area contributed by atoms with Crippen LogP contribution in [0.5, 0.6) is 5.75 Å². The van der Waals surface area contributed by atoms with Crippen LogP contribution in [0.1, 0.15) is 25.8 Å². The summed E-state index contributed by atoms with van der Waals surface area (Å²) in [6.45, 7) is 3.43. The smallest absolute Gasteiger partial charge is 0.270 e. The van der Waals surface area contributed by atoms with E-state index in [1.165, 1.54) is 13.8 Å². The van der Waals surface area contributed by atoms with Gasteiger partial charge in [0, 0.05) is 36.4 Å². The van der Waals surface area contributed by atoms with Crippen molar-refractivity contribution in [3.63, 3.8) is 0 Å². The molecule has 0 bridgehead atoms. The van der Waals surface area contributed by atoms with E-state index < -0.39 is 10.8 Å². The maximum atomic E-state index is 13.9. The van der Waals surface area contributed by atoms with Gasteiger partial charge in [-0.05, 0) is 47.8 Å². The first-order valence-electron chi connectivity index (χ1n) is 11.4. The fourth-order valence-corrected chi connectivity index (χ4v) is 6.03. The van der Waals surface area contributed by atoms with Crippen LogP contribution in [0.4, 0.5) is 5.69 Å². The minimum atomic E-state index is -1.47. The van der Waals surface area contributed by atoms with Crippen LogP contribution in [0.15, 0.2) is 65.8 Å². The van der Waals surface area contributed by atoms with Crippen LogP contribution in [0.2, 0.25) is 5.02 Å². The van der Waals surface area contributed by atoms with E-state index in [-0.39, 0.29) is 17.0 Å². The maximum absolute atomic E-state index is 13.9. The molecule has 0 aliphatic carbocycles. The molecule has 1 spiro atoms. The number of nitrogens with one attached hydrogen (secondary N) is 1. The van der Waals surface area contributed by atoms with Gasteiger partial charge >= 0.3 is 0 Å². The first-order chi connectivity index (χ1) is 17.3. The number of hydrogen-bond acceptors (Lipinski definition) is 6. The summed E-state index contributed by atoms with van der Waals surface area (Å²) >= 11 is 7.33. The van der Waals surface area contributed by atoms with Crippen molar-refractivity contribution in [1.82, 2.24) is 10.3 Å². The molecule has 2 aliphatic heterocycles. The number of thioether (sulfide) groups is 1. The molecule has 2 aliphatic rings. The molecule has 2 heterocycles. The Bertz CT molecular complexity index is 1420. The first-order valence-corrected chi connectivity index (χ1v) is 12.6. The van der Waals surface area contributed by atoms with Crippen molar-refractivity contribution >= 4 is 62.7 Å². The van der Waals surface area contributed by atoms with Gasteiger partial charge in [-0.3, -0.25) is 14.4 Å². The Balaban J connectivity index is 1.39. The number of nitrogens with zero attached hydrogens (tertiary/aromatic N) is 3. The van der Waals surface area contributed by atoms with Gasteiger partial charge in [-0.1, -0.05) is 48.0 Å². The zero-order chi connectivity index (χ0) is 25.4. The van der Waals surface area contributed by atoms with E-state index in [2.05, 4.69) is 10.4 Å². The molecule has 8 nitrogen and oxygen atoms in total. The summed E-state index contributed by atoms with van der Waals surface area (Å²) < 4.78 is 6.06. The summed E-state index contributed by atoms with van der Waals surface area (Å²) in [4.78, 5) is 38.3. The third-order valence-corrected chi connectivity index (χ3v) is 7.47. The summed E-state index contributed by atoms with van der Waals surface area (Å²) in [5.41, 5.74) is 1.20. The standard InChI is InChI=1S/C26H23ClN4O4S/c1-16(32)28-25-29-31(17(2)33)26(36-25)21-15-19(27)11-12-22(21)30(24(26)34)13-6-14-35-23-10-5-8-18-7-3-4-9-20(18)23/h3-5,7-12,15H,6,13-14H2,1-2H3,(H,28,29,32). The molecule has 0 fully saturated rings. The Morgan fingerprint density at radius 1 is 1.11 bits per heavy atom. The van der Waals surface area contributed by atoms with Crippen molar-refractivity contribution in [2.24, 2.45) is 5.10 Å². The monoisotopic (exact) mass is 522 g/mol. The Morgan fingerprint density at radius 3 is 2.67 bits per heavy atom. The second-order valence-corrected chi connectivity index (χ2v) is 10.1. The van der Waals surface area contributed by atoms with E-state index in [1.54, 1.807) is 23.1 Å². The molecular formula is C26H23ClN4O4S. The van der Waals surface area contributed by atoms with Crippen LogP contribution in [-0.2, 0) is 19.3 Å². The van der Waals surface area contributed by atoms with Crippen molar-refractivity contribution < 1.29 is 19.1 Å². The molecule has 0 saturated heterocycles. The molecule has 5 rings (SSSR count). The summed E-state index contributed by atoms with van der Waals surface area (Å²) in [5, 5.41) is 10.7. The number of rotatable bonds is 5. The summed E-state index contributed by atoms with van der Waals surface area (Å²) in [6, 6.07) is 19.1. The van der Waals surface area contributed by atoms with Crippen molar-refractivity contribution in [1.29, 1.82) is 0 Å². The van der Waals surface area contributed by atoms with Crippen LogP contribution < -0.4 is 15.0 Å². The molecule has 184 valence electrons.